The van der Waals surface area contributed by atoms with Gasteiger partial charge in [0.2, 0.25) is 15.9 Å². The second-order valence-corrected chi connectivity index (χ2v) is 7.02. The number of sulfonamides is 1. The molecular weight excluding hydrogens is 338 g/mol. The molecule has 1 aromatic carbocycles. The smallest absolute Gasteiger partial charge is 0.238 e. The monoisotopic (exact) mass is 363 g/mol. The van der Waals surface area contributed by atoms with Crippen LogP contribution in [0.5, 0.6) is 0 Å². The number of nitrogens with two attached hydrogens (primary N) is 2. The molecule has 0 spiro atoms. The standard InChI is InChI=1S/C15H25N3O3S.ClH/c1-11-9-13(22(17,20)21)10-14(12(11)2)18-15(19)7-5-3-4-6-8-16;/h9-10H,3-8,16H2,1-2H3,(H,18,19)(H2,17,20,21);1H. The van der Waals surface area contributed by atoms with E-state index in [1.807, 2.05) is 6.92 Å². The Hall–Kier alpha value is -1.15. The Kier molecular flexibility index (Phi) is 9.38. The maximum absolute atomic E-state index is 12.0. The van der Waals surface area contributed by atoms with Gasteiger partial charge in [-0.1, -0.05) is 12.8 Å². The number of hydrogen-bond acceptors (Lipinski definition) is 4. The van der Waals surface area contributed by atoms with Gasteiger partial charge in [0.15, 0.2) is 0 Å². The van der Waals surface area contributed by atoms with Gasteiger partial charge < -0.3 is 11.1 Å². The molecule has 0 aliphatic carbocycles. The highest BCUT2D eigenvalue weighted by atomic mass is 35.5. The molecule has 8 heteroatoms. The Morgan fingerprint density at radius 1 is 1.13 bits per heavy atom. The van der Waals surface area contributed by atoms with E-state index >= 15 is 0 Å². The van der Waals surface area contributed by atoms with Crippen LogP contribution in [0.4, 0.5) is 5.69 Å². The van der Waals surface area contributed by atoms with E-state index in [-0.39, 0.29) is 23.2 Å². The van der Waals surface area contributed by atoms with Crippen molar-refractivity contribution >= 4 is 34.0 Å². The predicted octanol–water partition coefficient (Wildman–Crippen LogP) is 2.22. The minimum Gasteiger partial charge on any atom is -0.330 e. The highest BCUT2D eigenvalue weighted by Gasteiger charge is 2.14. The summed E-state index contributed by atoms with van der Waals surface area (Å²) < 4.78 is 22.9. The maximum Gasteiger partial charge on any atom is 0.238 e. The van der Waals surface area contributed by atoms with Gasteiger partial charge in [0.1, 0.15) is 0 Å². The van der Waals surface area contributed by atoms with E-state index in [0.717, 1.165) is 36.8 Å². The Morgan fingerprint density at radius 3 is 2.30 bits per heavy atom. The van der Waals surface area contributed by atoms with Crippen LogP contribution in [-0.2, 0) is 14.8 Å². The highest BCUT2D eigenvalue weighted by Crippen LogP contribution is 2.23. The summed E-state index contributed by atoms with van der Waals surface area (Å²) in [5, 5.41) is 7.92. The van der Waals surface area contributed by atoms with Crippen LogP contribution in [0.1, 0.15) is 43.2 Å². The van der Waals surface area contributed by atoms with Crippen LogP contribution in [0.2, 0.25) is 0 Å². The van der Waals surface area contributed by atoms with Crippen LogP contribution < -0.4 is 16.2 Å². The molecule has 0 unspecified atom stereocenters. The van der Waals surface area contributed by atoms with E-state index in [1.54, 1.807) is 6.92 Å². The number of hydrogen-bond donors (Lipinski definition) is 3. The molecule has 0 aliphatic heterocycles. The minimum atomic E-state index is -3.79. The number of rotatable bonds is 8. The van der Waals surface area contributed by atoms with Gasteiger partial charge in [0, 0.05) is 12.1 Å². The summed E-state index contributed by atoms with van der Waals surface area (Å²) in [6, 6.07) is 2.91. The van der Waals surface area contributed by atoms with Gasteiger partial charge in [-0.2, -0.15) is 0 Å². The van der Waals surface area contributed by atoms with Crippen molar-refractivity contribution < 1.29 is 13.2 Å². The first-order valence-corrected chi connectivity index (χ1v) is 8.94. The minimum absolute atomic E-state index is 0. The fraction of sp³-hybridized carbons (Fsp3) is 0.533. The summed E-state index contributed by atoms with van der Waals surface area (Å²) in [4.78, 5) is 12.0. The fourth-order valence-electron chi connectivity index (χ4n) is 2.12. The Balaban J connectivity index is 0.00000484. The zero-order chi connectivity index (χ0) is 16.8. The average Bonchev–Trinajstić information content (AvgIpc) is 2.42. The van der Waals surface area contributed by atoms with Crippen LogP contribution >= 0.6 is 12.4 Å². The van der Waals surface area contributed by atoms with Gasteiger partial charge in [-0.3, -0.25) is 4.79 Å². The van der Waals surface area contributed by atoms with Crippen molar-refractivity contribution in [2.45, 2.75) is 50.8 Å². The lowest BCUT2D eigenvalue weighted by molar-refractivity contribution is -0.116. The van der Waals surface area contributed by atoms with Gasteiger partial charge in [-0.15, -0.1) is 12.4 Å². The molecule has 0 bridgehead atoms. The zero-order valence-electron chi connectivity index (χ0n) is 13.6. The molecule has 0 aromatic heterocycles. The number of benzene rings is 1. The number of halogens is 1. The third-order valence-corrected chi connectivity index (χ3v) is 4.49. The SMILES string of the molecule is Cc1cc(S(N)(=O)=O)cc(NC(=O)CCCCCCN)c1C.Cl. The summed E-state index contributed by atoms with van der Waals surface area (Å²) in [7, 11) is -3.79. The van der Waals surface area contributed by atoms with Gasteiger partial charge in [-0.25, -0.2) is 13.6 Å². The molecule has 0 aliphatic rings. The van der Waals surface area contributed by atoms with E-state index in [1.165, 1.54) is 12.1 Å². The summed E-state index contributed by atoms with van der Waals surface area (Å²) in [6.45, 7) is 4.29. The van der Waals surface area contributed by atoms with Gasteiger partial charge in [0.05, 0.1) is 4.90 Å². The van der Waals surface area contributed by atoms with Crippen molar-refractivity contribution in [3.05, 3.63) is 23.3 Å². The van der Waals surface area contributed by atoms with Crippen LogP contribution in [0, 0.1) is 13.8 Å². The summed E-state index contributed by atoms with van der Waals surface area (Å²) in [5.74, 6) is -0.123. The second kappa shape index (κ2) is 9.87. The molecule has 0 atom stereocenters. The third kappa shape index (κ3) is 7.30. The third-order valence-electron chi connectivity index (χ3n) is 3.60. The van der Waals surface area contributed by atoms with Crippen LogP contribution in [0.25, 0.3) is 0 Å². The van der Waals surface area contributed by atoms with E-state index in [9.17, 15) is 13.2 Å². The van der Waals surface area contributed by atoms with Gasteiger partial charge >= 0.3 is 0 Å². The van der Waals surface area contributed by atoms with Crippen LogP contribution in [-0.4, -0.2) is 20.9 Å². The molecule has 1 amide bonds. The Labute approximate surface area is 144 Å². The Bertz CT molecular complexity index is 633. The number of carbonyl (C=O) groups excluding carboxylic acids is 1. The number of amides is 1. The van der Waals surface area contributed by atoms with Crippen molar-refractivity contribution in [3.63, 3.8) is 0 Å². The molecule has 0 radical (unpaired) electrons. The zero-order valence-corrected chi connectivity index (χ0v) is 15.2. The molecule has 0 fully saturated rings. The second-order valence-electron chi connectivity index (χ2n) is 5.46. The Morgan fingerprint density at radius 2 is 1.74 bits per heavy atom. The number of primary sulfonamides is 1. The van der Waals surface area contributed by atoms with Crippen molar-refractivity contribution in [1.82, 2.24) is 0 Å². The molecule has 0 saturated carbocycles. The molecule has 0 heterocycles. The molecule has 6 nitrogen and oxygen atoms in total. The highest BCUT2D eigenvalue weighted by molar-refractivity contribution is 7.89. The lowest BCUT2D eigenvalue weighted by atomic mass is 10.1. The first-order valence-electron chi connectivity index (χ1n) is 7.39. The fourth-order valence-corrected chi connectivity index (χ4v) is 2.74. The summed E-state index contributed by atoms with van der Waals surface area (Å²) >= 11 is 0. The van der Waals surface area contributed by atoms with E-state index in [2.05, 4.69) is 5.32 Å². The predicted molar refractivity (Wildman–Crippen MR) is 95.3 cm³/mol. The number of carbonyl (C=O) groups is 1. The maximum atomic E-state index is 12.0. The van der Waals surface area contributed by atoms with E-state index in [4.69, 9.17) is 10.9 Å². The lowest BCUT2D eigenvalue weighted by Crippen LogP contribution is -2.16. The molecule has 1 aromatic rings. The van der Waals surface area contributed by atoms with Crippen LogP contribution in [0.15, 0.2) is 17.0 Å². The number of anilines is 1. The molecule has 23 heavy (non-hydrogen) atoms. The first kappa shape index (κ1) is 21.9. The van der Waals surface area contributed by atoms with Crippen molar-refractivity contribution in [3.8, 4) is 0 Å². The molecule has 0 saturated heterocycles. The topological polar surface area (TPSA) is 115 Å². The van der Waals surface area contributed by atoms with Crippen LogP contribution in [0.3, 0.4) is 0 Å². The number of nitrogens with one attached hydrogen (secondary N) is 1. The van der Waals surface area contributed by atoms with E-state index < -0.39 is 10.0 Å². The van der Waals surface area contributed by atoms with Crippen molar-refractivity contribution in [2.75, 3.05) is 11.9 Å². The van der Waals surface area contributed by atoms with Gasteiger partial charge in [0.25, 0.3) is 0 Å². The lowest BCUT2D eigenvalue weighted by Gasteiger charge is -2.12. The first-order chi connectivity index (χ1) is 10.3. The quantitative estimate of drug-likeness (QED) is 0.614. The van der Waals surface area contributed by atoms with Crippen molar-refractivity contribution in [1.29, 1.82) is 0 Å². The molecule has 132 valence electrons. The normalized spacial score (nSPS) is 11.0. The number of unbranched alkanes of at least 4 members (excludes halogenated alkanes) is 3. The molecule has 1 rings (SSSR count). The van der Waals surface area contributed by atoms with Gasteiger partial charge in [-0.05, 0) is 56.5 Å². The summed E-state index contributed by atoms with van der Waals surface area (Å²) in [5.41, 5.74) is 7.52. The molecular formula is C15H26ClN3O3S. The number of aryl methyl sites for hydroxylation is 1. The average molecular weight is 364 g/mol. The molecule has 5 N–H and O–H groups in total. The van der Waals surface area contributed by atoms with E-state index in [0.29, 0.717) is 18.7 Å². The largest absolute Gasteiger partial charge is 0.330 e. The summed E-state index contributed by atoms with van der Waals surface area (Å²) in [6.07, 6.45) is 4.14. The van der Waals surface area contributed by atoms with Crippen molar-refractivity contribution in [2.24, 2.45) is 10.9 Å².